The molecule has 0 aliphatic carbocycles. The van der Waals surface area contributed by atoms with E-state index in [0.717, 1.165) is 23.2 Å². The van der Waals surface area contributed by atoms with Gasteiger partial charge in [0, 0.05) is 5.33 Å². The maximum Gasteiger partial charge on any atom is 0.127 e. The lowest BCUT2D eigenvalue weighted by Crippen LogP contribution is -2.14. The van der Waals surface area contributed by atoms with Gasteiger partial charge in [0.1, 0.15) is 11.5 Å². The standard InChI is InChI=1S/C19H23BrO/c1-5-19(3,4)16-7-10-17(11-8-16)21-18-9-6-15(13-20)14(2)12-18/h6-12H,5,13H2,1-4H3. The minimum atomic E-state index is 0.215. The number of benzene rings is 2. The van der Waals surface area contributed by atoms with Gasteiger partial charge in [0.05, 0.1) is 0 Å². The molecule has 0 heterocycles. The highest BCUT2D eigenvalue weighted by Gasteiger charge is 2.17. The number of hydrogen-bond acceptors (Lipinski definition) is 1. The zero-order valence-corrected chi connectivity index (χ0v) is 14.8. The summed E-state index contributed by atoms with van der Waals surface area (Å²) in [6, 6.07) is 14.7. The van der Waals surface area contributed by atoms with Crippen LogP contribution in [-0.2, 0) is 10.7 Å². The van der Waals surface area contributed by atoms with E-state index in [4.69, 9.17) is 4.74 Å². The summed E-state index contributed by atoms with van der Waals surface area (Å²) in [4.78, 5) is 0. The maximum atomic E-state index is 5.94. The zero-order chi connectivity index (χ0) is 15.5. The van der Waals surface area contributed by atoms with Crippen molar-refractivity contribution in [1.29, 1.82) is 0 Å². The van der Waals surface area contributed by atoms with Crippen LogP contribution in [0.2, 0.25) is 0 Å². The maximum absolute atomic E-state index is 5.94. The fourth-order valence-electron chi connectivity index (χ4n) is 2.20. The third-order valence-corrected chi connectivity index (χ3v) is 4.82. The molecule has 0 amide bonds. The first-order valence-electron chi connectivity index (χ1n) is 7.40. The van der Waals surface area contributed by atoms with Gasteiger partial charge in [0.15, 0.2) is 0 Å². The predicted octanol–water partition coefficient (Wildman–Crippen LogP) is 6.37. The Morgan fingerprint density at radius 2 is 1.62 bits per heavy atom. The molecule has 0 N–H and O–H groups in total. The summed E-state index contributed by atoms with van der Waals surface area (Å²) in [5, 5.41) is 0.875. The summed E-state index contributed by atoms with van der Waals surface area (Å²) < 4.78 is 5.94. The highest BCUT2D eigenvalue weighted by atomic mass is 79.9. The normalized spacial score (nSPS) is 11.5. The summed E-state index contributed by atoms with van der Waals surface area (Å²) in [7, 11) is 0. The lowest BCUT2D eigenvalue weighted by molar-refractivity contribution is 0.477. The molecule has 21 heavy (non-hydrogen) atoms. The van der Waals surface area contributed by atoms with Crippen molar-refractivity contribution in [3.8, 4) is 11.5 Å². The van der Waals surface area contributed by atoms with E-state index in [2.05, 4.69) is 80.0 Å². The minimum absolute atomic E-state index is 0.215. The third-order valence-electron chi connectivity index (χ3n) is 4.21. The predicted molar refractivity (Wildman–Crippen MR) is 93.6 cm³/mol. The molecule has 0 bridgehead atoms. The van der Waals surface area contributed by atoms with Crippen LogP contribution in [0.1, 0.15) is 43.9 Å². The highest BCUT2D eigenvalue weighted by molar-refractivity contribution is 9.08. The molecule has 0 saturated carbocycles. The van der Waals surface area contributed by atoms with Gasteiger partial charge in [-0.05, 0) is 59.7 Å². The minimum Gasteiger partial charge on any atom is -0.457 e. The van der Waals surface area contributed by atoms with E-state index < -0.39 is 0 Å². The monoisotopic (exact) mass is 346 g/mol. The molecule has 0 atom stereocenters. The van der Waals surface area contributed by atoms with Crippen LogP contribution in [0.5, 0.6) is 11.5 Å². The summed E-state index contributed by atoms with van der Waals surface area (Å²) in [5.74, 6) is 1.77. The van der Waals surface area contributed by atoms with Crippen molar-refractivity contribution in [3.63, 3.8) is 0 Å². The van der Waals surface area contributed by atoms with Crippen LogP contribution in [-0.4, -0.2) is 0 Å². The van der Waals surface area contributed by atoms with Crippen LogP contribution in [0.15, 0.2) is 42.5 Å². The lowest BCUT2D eigenvalue weighted by Gasteiger charge is -2.23. The molecule has 0 aromatic heterocycles. The number of ether oxygens (including phenoxy) is 1. The average Bonchev–Trinajstić information content (AvgIpc) is 2.48. The number of aryl methyl sites for hydroxylation is 1. The first kappa shape index (κ1) is 16.1. The van der Waals surface area contributed by atoms with Gasteiger partial charge in [0.25, 0.3) is 0 Å². The van der Waals surface area contributed by atoms with Gasteiger partial charge in [-0.25, -0.2) is 0 Å². The van der Waals surface area contributed by atoms with Gasteiger partial charge in [-0.15, -0.1) is 0 Å². The number of halogens is 1. The van der Waals surface area contributed by atoms with E-state index in [9.17, 15) is 0 Å². The number of hydrogen-bond donors (Lipinski definition) is 0. The van der Waals surface area contributed by atoms with Gasteiger partial charge >= 0.3 is 0 Å². The second-order valence-corrected chi connectivity index (χ2v) is 6.65. The average molecular weight is 347 g/mol. The fraction of sp³-hybridized carbons (Fsp3) is 0.368. The van der Waals surface area contributed by atoms with Crippen molar-refractivity contribution in [3.05, 3.63) is 59.2 Å². The molecule has 112 valence electrons. The van der Waals surface area contributed by atoms with Crippen molar-refractivity contribution in [2.75, 3.05) is 0 Å². The second-order valence-electron chi connectivity index (χ2n) is 6.09. The molecule has 0 spiro atoms. The van der Waals surface area contributed by atoms with Gasteiger partial charge in [-0.2, -0.15) is 0 Å². The molecular weight excluding hydrogens is 324 g/mol. The van der Waals surface area contributed by atoms with Crippen LogP contribution >= 0.6 is 15.9 Å². The summed E-state index contributed by atoms with van der Waals surface area (Å²) in [5.41, 5.74) is 4.10. The van der Waals surface area contributed by atoms with Crippen molar-refractivity contribution >= 4 is 15.9 Å². The van der Waals surface area contributed by atoms with Gasteiger partial charge in [0.2, 0.25) is 0 Å². The quantitative estimate of drug-likeness (QED) is 0.571. The SMILES string of the molecule is CCC(C)(C)c1ccc(Oc2ccc(CBr)c(C)c2)cc1. The Morgan fingerprint density at radius 1 is 1.00 bits per heavy atom. The van der Waals surface area contributed by atoms with Crippen molar-refractivity contribution in [1.82, 2.24) is 0 Å². The Morgan fingerprint density at radius 3 is 2.14 bits per heavy atom. The molecule has 0 aliphatic heterocycles. The van der Waals surface area contributed by atoms with E-state index in [1.165, 1.54) is 16.7 Å². The Hall–Kier alpha value is -1.28. The second kappa shape index (κ2) is 6.65. The topological polar surface area (TPSA) is 9.23 Å². The van der Waals surface area contributed by atoms with Crippen LogP contribution in [0, 0.1) is 6.92 Å². The van der Waals surface area contributed by atoms with Gasteiger partial charge in [-0.1, -0.05) is 54.9 Å². The molecule has 0 fully saturated rings. The van der Waals surface area contributed by atoms with Crippen LogP contribution < -0.4 is 4.74 Å². The van der Waals surface area contributed by atoms with E-state index in [-0.39, 0.29) is 5.41 Å². The van der Waals surface area contributed by atoms with Crippen molar-refractivity contribution in [2.24, 2.45) is 0 Å². The molecule has 0 unspecified atom stereocenters. The summed E-state index contributed by atoms with van der Waals surface area (Å²) >= 11 is 3.49. The Bertz CT molecular complexity index is 599. The number of rotatable bonds is 5. The molecule has 2 heteroatoms. The Balaban J connectivity index is 2.15. The van der Waals surface area contributed by atoms with Gasteiger partial charge < -0.3 is 4.74 Å². The van der Waals surface area contributed by atoms with Crippen LogP contribution in [0.4, 0.5) is 0 Å². The third kappa shape index (κ3) is 3.88. The molecule has 0 radical (unpaired) electrons. The molecule has 2 rings (SSSR count). The molecule has 0 aliphatic rings. The lowest BCUT2D eigenvalue weighted by atomic mass is 9.82. The van der Waals surface area contributed by atoms with Crippen LogP contribution in [0.3, 0.4) is 0 Å². The number of alkyl halides is 1. The first-order chi connectivity index (χ1) is 9.96. The largest absolute Gasteiger partial charge is 0.457 e. The van der Waals surface area contributed by atoms with E-state index >= 15 is 0 Å². The van der Waals surface area contributed by atoms with E-state index in [1.807, 2.05) is 6.07 Å². The summed E-state index contributed by atoms with van der Waals surface area (Å²) in [6.45, 7) is 8.87. The molecule has 0 saturated heterocycles. The van der Waals surface area contributed by atoms with E-state index in [0.29, 0.717) is 0 Å². The van der Waals surface area contributed by atoms with Crippen molar-refractivity contribution < 1.29 is 4.74 Å². The molecule has 2 aromatic rings. The fourth-order valence-corrected chi connectivity index (χ4v) is 2.83. The van der Waals surface area contributed by atoms with Crippen molar-refractivity contribution in [2.45, 2.75) is 44.9 Å². The Kier molecular flexibility index (Phi) is 5.10. The van der Waals surface area contributed by atoms with E-state index in [1.54, 1.807) is 0 Å². The smallest absolute Gasteiger partial charge is 0.127 e. The molecule has 2 aromatic carbocycles. The molecule has 1 nitrogen and oxygen atoms in total. The zero-order valence-electron chi connectivity index (χ0n) is 13.2. The summed E-state index contributed by atoms with van der Waals surface area (Å²) in [6.07, 6.45) is 1.13. The van der Waals surface area contributed by atoms with Gasteiger partial charge in [-0.3, -0.25) is 0 Å². The molecular formula is C19H23BrO. The first-order valence-corrected chi connectivity index (χ1v) is 8.52. The Labute approximate surface area is 136 Å². The highest BCUT2D eigenvalue weighted by Crippen LogP contribution is 2.30. The van der Waals surface area contributed by atoms with Crippen LogP contribution in [0.25, 0.3) is 0 Å².